The number of furan rings is 1. The van der Waals surface area contributed by atoms with E-state index in [-0.39, 0.29) is 0 Å². The predicted molar refractivity (Wildman–Crippen MR) is 210 cm³/mol. The van der Waals surface area contributed by atoms with Crippen molar-refractivity contribution in [3.05, 3.63) is 176 Å². The van der Waals surface area contributed by atoms with Crippen LogP contribution in [0.2, 0.25) is 0 Å². The number of fused-ring (bicyclic) bond motifs is 7. The quantitative estimate of drug-likeness (QED) is 0.186. The Bertz CT molecular complexity index is 2860. The van der Waals surface area contributed by atoms with Gasteiger partial charge in [-0.15, -0.1) is 11.3 Å². The molecule has 0 bridgehead atoms. The third kappa shape index (κ3) is 4.55. The van der Waals surface area contributed by atoms with E-state index in [9.17, 15) is 0 Å². The average Bonchev–Trinajstić information content (AvgIpc) is 3.73. The van der Waals surface area contributed by atoms with E-state index in [1.54, 1.807) is 0 Å². The number of benzene rings is 8. The second kappa shape index (κ2) is 11.2. The molecule has 8 aromatic carbocycles. The third-order valence-corrected chi connectivity index (χ3v) is 10.8. The second-order valence-electron chi connectivity index (χ2n) is 12.5. The summed E-state index contributed by atoms with van der Waals surface area (Å²) in [6.45, 7) is 0. The second-order valence-corrected chi connectivity index (χ2v) is 13.6. The van der Waals surface area contributed by atoms with E-state index in [1.165, 1.54) is 47.6 Å². The molecule has 230 valence electrons. The van der Waals surface area contributed by atoms with Gasteiger partial charge in [-0.3, -0.25) is 0 Å². The fraction of sp³-hybridized carbons (Fsp3) is 0. The van der Waals surface area contributed by atoms with E-state index in [4.69, 9.17) is 4.42 Å². The molecule has 0 saturated heterocycles. The molecular formula is C46H29NOS. The molecule has 2 heterocycles. The van der Waals surface area contributed by atoms with Gasteiger partial charge >= 0.3 is 0 Å². The van der Waals surface area contributed by atoms with Crippen molar-refractivity contribution in [3.8, 4) is 22.3 Å². The lowest BCUT2D eigenvalue weighted by atomic mass is 9.95. The Hall–Kier alpha value is -6.16. The van der Waals surface area contributed by atoms with E-state index >= 15 is 0 Å². The molecule has 2 aromatic heterocycles. The summed E-state index contributed by atoms with van der Waals surface area (Å²) in [5, 5.41) is 7.29. The molecule has 0 unspecified atom stereocenters. The zero-order valence-corrected chi connectivity index (χ0v) is 27.3. The van der Waals surface area contributed by atoms with Gasteiger partial charge in [-0.05, 0) is 70.4 Å². The Labute approximate surface area is 287 Å². The van der Waals surface area contributed by atoms with Gasteiger partial charge in [-0.1, -0.05) is 121 Å². The molecule has 0 aliphatic heterocycles. The first-order valence-corrected chi connectivity index (χ1v) is 17.4. The topological polar surface area (TPSA) is 16.4 Å². The van der Waals surface area contributed by atoms with Crippen LogP contribution >= 0.6 is 11.3 Å². The third-order valence-electron chi connectivity index (χ3n) is 9.66. The van der Waals surface area contributed by atoms with E-state index in [0.29, 0.717) is 0 Å². The molecule has 0 radical (unpaired) electrons. The predicted octanol–water partition coefficient (Wildman–Crippen LogP) is 13.9. The zero-order chi connectivity index (χ0) is 32.3. The molecule has 49 heavy (non-hydrogen) atoms. The summed E-state index contributed by atoms with van der Waals surface area (Å²) in [4.78, 5) is 2.42. The lowest BCUT2D eigenvalue weighted by molar-refractivity contribution is 0.669. The molecule has 0 aliphatic rings. The van der Waals surface area contributed by atoms with Crippen LogP contribution in [0, 0.1) is 0 Å². The van der Waals surface area contributed by atoms with Gasteiger partial charge in [0, 0.05) is 53.8 Å². The minimum Gasteiger partial charge on any atom is -0.456 e. The molecule has 3 heteroatoms. The van der Waals surface area contributed by atoms with Crippen LogP contribution in [-0.2, 0) is 0 Å². The Morgan fingerprint density at radius 1 is 0.408 bits per heavy atom. The highest BCUT2D eigenvalue weighted by atomic mass is 32.1. The maximum atomic E-state index is 6.46. The van der Waals surface area contributed by atoms with E-state index in [2.05, 4.69) is 169 Å². The van der Waals surface area contributed by atoms with Crippen LogP contribution < -0.4 is 4.90 Å². The molecule has 0 fully saturated rings. The minimum atomic E-state index is 0.871. The van der Waals surface area contributed by atoms with Crippen molar-refractivity contribution in [2.75, 3.05) is 4.90 Å². The van der Waals surface area contributed by atoms with Crippen molar-refractivity contribution in [3.63, 3.8) is 0 Å². The largest absolute Gasteiger partial charge is 0.456 e. The fourth-order valence-electron chi connectivity index (χ4n) is 7.43. The number of anilines is 3. The summed E-state index contributed by atoms with van der Waals surface area (Å²) in [5.41, 5.74) is 9.74. The molecule has 0 N–H and O–H groups in total. The molecule has 0 aliphatic carbocycles. The van der Waals surface area contributed by atoms with Gasteiger partial charge in [-0.2, -0.15) is 0 Å². The maximum absolute atomic E-state index is 6.46. The highest BCUT2D eigenvalue weighted by molar-refractivity contribution is 7.25. The fourth-order valence-corrected chi connectivity index (χ4v) is 8.56. The lowest BCUT2D eigenvalue weighted by Gasteiger charge is -2.30. The molecule has 2 nitrogen and oxygen atoms in total. The van der Waals surface area contributed by atoms with E-state index < -0.39 is 0 Å². The van der Waals surface area contributed by atoms with Gasteiger partial charge in [0.1, 0.15) is 11.2 Å². The summed E-state index contributed by atoms with van der Waals surface area (Å²) in [5.74, 6) is 0. The number of hydrogen-bond donors (Lipinski definition) is 0. The molecule has 10 rings (SSSR count). The first-order valence-electron chi connectivity index (χ1n) is 16.6. The summed E-state index contributed by atoms with van der Waals surface area (Å²) in [6.07, 6.45) is 0. The Morgan fingerprint density at radius 2 is 1.06 bits per heavy atom. The average molecular weight is 644 g/mol. The maximum Gasteiger partial charge on any atom is 0.137 e. The summed E-state index contributed by atoms with van der Waals surface area (Å²) < 4.78 is 9.06. The zero-order valence-electron chi connectivity index (χ0n) is 26.5. The highest BCUT2D eigenvalue weighted by Crippen LogP contribution is 2.48. The monoisotopic (exact) mass is 643 g/mol. The van der Waals surface area contributed by atoms with Crippen LogP contribution in [0.3, 0.4) is 0 Å². The Morgan fingerprint density at radius 3 is 1.96 bits per heavy atom. The van der Waals surface area contributed by atoms with Crippen molar-refractivity contribution in [1.82, 2.24) is 0 Å². The molecule has 0 saturated carbocycles. The highest BCUT2D eigenvalue weighted by Gasteiger charge is 2.23. The van der Waals surface area contributed by atoms with Crippen molar-refractivity contribution in [2.24, 2.45) is 0 Å². The van der Waals surface area contributed by atoms with Crippen LogP contribution in [0.5, 0.6) is 0 Å². The molecular weight excluding hydrogens is 615 g/mol. The van der Waals surface area contributed by atoms with E-state index in [0.717, 1.165) is 44.6 Å². The van der Waals surface area contributed by atoms with Gasteiger partial charge in [0.05, 0.1) is 11.4 Å². The Kier molecular flexibility index (Phi) is 6.39. The number of thiophene rings is 1. The van der Waals surface area contributed by atoms with Crippen molar-refractivity contribution in [1.29, 1.82) is 0 Å². The normalized spacial score (nSPS) is 11.7. The Balaban J connectivity index is 1.26. The molecule has 0 amide bonds. The molecule has 0 atom stereocenters. The van der Waals surface area contributed by atoms with Crippen LogP contribution in [0.1, 0.15) is 0 Å². The van der Waals surface area contributed by atoms with Crippen molar-refractivity contribution in [2.45, 2.75) is 0 Å². The van der Waals surface area contributed by atoms with Crippen LogP contribution in [0.15, 0.2) is 180 Å². The van der Waals surface area contributed by atoms with Gasteiger partial charge in [0.25, 0.3) is 0 Å². The van der Waals surface area contributed by atoms with Crippen molar-refractivity contribution >= 4 is 81.3 Å². The first-order chi connectivity index (χ1) is 24.3. The standard InChI is InChI=1S/C46H29NOS/c1-2-13-31-28-32(25-24-30(31)12-1)34-14-3-7-19-40(34)47(33-26-27-37-36-16-5-9-21-42(36)48-43(37)29-33)41-20-8-4-15-35(41)38-18-11-23-45-46(38)39-17-6-10-22-44(39)49-45/h1-29H. The first kappa shape index (κ1) is 27.9. The van der Waals surface area contributed by atoms with Crippen molar-refractivity contribution < 1.29 is 4.42 Å². The van der Waals surface area contributed by atoms with Gasteiger partial charge < -0.3 is 9.32 Å². The van der Waals surface area contributed by atoms with Crippen LogP contribution in [0.4, 0.5) is 17.1 Å². The molecule has 0 spiro atoms. The van der Waals surface area contributed by atoms with Crippen LogP contribution in [-0.4, -0.2) is 0 Å². The van der Waals surface area contributed by atoms with Gasteiger partial charge in [0.2, 0.25) is 0 Å². The smallest absolute Gasteiger partial charge is 0.137 e. The summed E-state index contributed by atoms with van der Waals surface area (Å²) >= 11 is 1.86. The number of para-hydroxylation sites is 3. The van der Waals surface area contributed by atoms with E-state index in [1.807, 2.05) is 23.5 Å². The molecule has 10 aromatic rings. The van der Waals surface area contributed by atoms with Crippen LogP contribution in [0.25, 0.3) is 75.1 Å². The van der Waals surface area contributed by atoms with Gasteiger partial charge in [0.15, 0.2) is 0 Å². The minimum absolute atomic E-state index is 0.871. The SMILES string of the molecule is c1ccc(N(c2ccc3c(c2)oc2ccccc23)c2ccccc2-c2cccc3sc4ccccc4c23)c(-c2ccc3ccccc3c2)c1. The van der Waals surface area contributed by atoms with Gasteiger partial charge in [-0.25, -0.2) is 0 Å². The number of nitrogens with zero attached hydrogens (tertiary/aromatic N) is 1. The number of rotatable bonds is 5. The number of hydrogen-bond acceptors (Lipinski definition) is 3. The lowest BCUT2D eigenvalue weighted by Crippen LogP contribution is -2.12. The summed E-state index contributed by atoms with van der Waals surface area (Å²) in [6, 6.07) is 63.3. The summed E-state index contributed by atoms with van der Waals surface area (Å²) in [7, 11) is 0.